The average molecular weight is 364 g/mol. The van der Waals surface area contributed by atoms with E-state index in [2.05, 4.69) is 4.98 Å². The minimum absolute atomic E-state index is 0.212. The van der Waals surface area contributed by atoms with Crippen LogP contribution in [0.1, 0.15) is 24.2 Å². The molecule has 0 aliphatic carbocycles. The fraction of sp³-hybridized carbons (Fsp3) is 0.389. The Labute approximate surface area is 149 Å². The summed E-state index contributed by atoms with van der Waals surface area (Å²) in [5, 5.41) is 0. The number of pyridine rings is 1. The molecule has 1 unspecified atom stereocenters. The first-order chi connectivity index (χ1) is 12.0. The lowest BCUT2D eigenvalue weighted by Crippen LogP contribution is -2.34. The maximum Gasteiger partial charge on any atom is 0.243 e. The third-order valence-electron chi connectivity index (χ3n) is 4.10. The van der Waals surface area contributed by atoms with Gasteiger partial charge in [0, 0.05) is 20.4 Å². The first-order valence-electron chi connectivity index (χ1n) is 8.00. The van der Waals surface area contributed by atoms with E-state index in [1.807, 2.05) is 13.0 Å². The number of rotatable bonds is 8. The van der Waals surface area contributed by atoms with Crippen molar-refractivity contribution in [3.05, 3.63) is 53.9 Å². The number of aromatic nitrogens is 1. The monoisotopic (exact) mass is 364 g/mol. The van der Waals surface area contributed by atoms with Gasteiger partial charge in [0.15, 0.2) is 0 Å². The number of nitrogens with zero attached hydrogens (tertiary/aromatic N) is 2. The summed E-state index contributed by atoms with van der Waals surface area (Å²) >= 11 is 0. The summed E-state index contributed by atoms with van der Waals surface area (Å²) in [6.07, 6.45) is 2.32. The minimum atomic E-state index is -3.71. The Bertz CT molecular complexity index is 794. The number of aryl methyl sites for hydroxylation is 1. The maximum absolute atomic E-state index is 13.1. The van der Waals surface area contributed by atoms with Gasteiger partial charge in [-0.15, -0.1) is 0 Å². The van der Waals surface area contributed by atoms with Gasteiger partial charge in [-0.1, -0.05) is 13.0 Å². The molecule has 25 heavy (non-hydrogen) atoms. The normalized spacial score (nSPS) is 13.0. The van der Waals surface area contributed by atoms with E-state index in [9.17, 15) is 8.42 Å². The number of ether oxygens (including phenoxy) is 2. The molecule has 0 fully saturated rings. The molecule has 1 aromatic carbocycles. The topological polar surface area (TPSA) is 68.7 Å². The Kier molecular flexibility index (Phi) is 6.52. The Morgan fingerprint density at radius 2 is 1.96 bits per heavy atom. The predicted octanol–water partition coefficient (Wildman–Crippen LogP) is 2.66. The second-order valence-electron chi connectivity index (χ2n) is 5.57. The molecular weight excluding hydrogens is 340 g/mol. The Balaban J connectivity index is 2.43. The zero-order valence-electron chi connectivity index (χ0n) is 15.0. The van der Waals surface area contributed by atoms with Gasteiger partial charge in [-0.2, -0.15) is 4.31 Å². The summed E-state index contributed by atoms with van der Waals surface area (Å²) in [6.45, 7) is 2.17. The van der Waals surface area contributed by atoms with E-state index >= 15 is 0 Å². The van der Waals surface area contributed by atoms with E-state index in [0.29, 0.717) is 17.9 Å². The molecule has 6 nitrogen and oxygen atoms in total. The second kappa shape index (κ2) is 8.42. The number of benzene rings is 1. The Morgan fingerprint density at radius 1 is 1.20 bits per heavy atom. The minimum Gasteiger partial charge on any atom is -0.496 e. The molecule has 7 heteroatoms. The fourth-order valence-corrected chi connectivity index (χ4v) is 4.00. The van der Waals surface area contributed by atoms with E-state index in [0.717, 1.165) is 5.56 Å². The molecule has 0 aliphatic rings. The summed E-state index contributed by atoms with van der Waals surface area (Å²) < 4.78 is 38.0. The third kappa shape index (κ3) is 4.18. The zero-order chi connectivity index (χ0) is 18.4. The molecule has 1 aromatic heterocycles. The standard InChI is InChI=1S/C18H24N2O4S/c1-5-14-12-15(9-10-18(14)24-4)25(21,22)20(2)17(13-23-3)16-8-6-7-11-19-16/h6-12,17H,5,13H2,1-4H3. The van der Waals surface area contributed by atoms with Crippen molar-refractivity contribution < 1.29 is 17.9 Å². The summed E-state index contributed by atoms with van der Waals surface area (Å²) in [4.78, 5) is 4.51. The van der Waals surface area contributed by atoms with Crippen molar-refractivity contribution in [2.45, 2.75) is 24.3 Å². The average Bonchev–Trinajstić information content (AvgIpc) is 2.65. The molecule has 0 amide bonds. The first kappa shape index (κ1) is 19.4. The summed E-state index contributed by atoms with van der Waals surface area (Å²) in [7, 11) is 0.951. The molecule has 0 saturated heterocycles. The molecule has 1 heterocycles. The van der Waals surface area contributed by atoms with Crippen LogP contribution in [0.2, 0.25) is 0 Å². The molecule has 2 rings (SSSR count). The lowest BCUT2D eigenvalue weighted by Gasteiger charge is -2.27. The van der Waals surface area contributed by atoms with Gasteiger partial charge < -0.3 is 9.47 Å². The van der Waals surface area contributed by atoms with Crippen LogP contribution in [0.5, 0.6) is 5.75 Å². The Morgan fingerprint density at radius 3 is 2.52 bits per heavy atom. The smallest absolute Gasteiger partial charge is 0.243 e. The van der Waals surface area contributed by atoms with E-state index in [1.165, 1.54) is 4.31 Å². The van der Waals surface area contributed by atoms with E-state index < -0.39 is 16.1 Å². The van der Waals surface area contributed by atoms with Crippen LogP contribution in [0.25, 0.3) is 0 Å². The fourth-order valence-electron chi connectivity index (χ4n) is 2.63. The van der Waals surface area contributed by atoms with Crippen LogP contribution in [0.3, 0.4) is 0 Å². The lowest BCUT2D eigenvalue weighted by atomic mass is 10.1. The molecule has 0 spiro atoms. The number of sulfonamides is 1. The van der Waals surface area contributed by atoms with Crippen molar-refractivity contribution in [1.29, 1.82) is 0 Å². The van der Waals surface area contributed by atoms with Crippen LogP contribution in [0, 0.1) is 0 Å². The molecule has 1 atom stereocenters. The van der Waals surface area contributed by atoms with E-state index in [1.54, 1.807) is 57.8 Å². The van der Waals surface area contributed by atoms with Crippen LogP contribution in [0.15, 0.2) is 47.5 Å². The van der Waals surface area contributed by atoms with Gasteiger partial charge >= 0.3 is 0 Å². The van der Waals surface area contributed by atoms with Crippen LogP contribution in [0.4, 0.5) is 0 Å². The molecule has 2 aromatic rings. The van der Waals surface area contributed by atoms with Crippen molar-refractivity contribution >= 4 is 10.0 Å². The van der Waals surface area contributed by atoms with Crippen molar-refractivity contribution in [2.75, 3.05) is 27.9 Å². The summed E-state index contributed by atoms with van der Waals surface area (Å²) in [5.74, 6) is 0.683. The first-order valence-corrected chi connectivity index (χ1v) is 9.44. The van der Waals surface area contributed by atoms with Gasteiger partial charge in [0.1, 0.15) is 5.75 Å². The molecule has 0 saturated carbocycles. The summed E-state index contributed by atoms with van der Waals surface area (Å²) in [6, 6.07) is 9.81. The van der Waals surface area contributed by atoms with E-state index in [4.69, 9.17) is 9.47 Å². The van der Waals surface area contributed by atoms with Crippen LogP contribution >= 0.6 is 0 Å². The largest absolute Gasteiger partial charge is 0.496 e. The molecule has 0 radical (unpaired) electrons. The number of methoxy groups -OCH3 is 2. The van der Waals surface area contributed by atoms with Crippen LogP contribution < -0.4 is 4.74 Å². The molecule has 0 N–H and O–H groups in total. The Hall–Kier alpha value is -1.96. The predicted molar refractivity (Wildman–Crippen MR) is 96.2 cm³/mol. The van der Waals surface area contributed by atoms with Crippen LogP contribution in [-0.2, 0) is 21.2 Å². The molecule has 0 bridgehead atoms. The zero-order valence-corrected chi connectivity index (χ0v) is 15.8. The van der Waals surface area contributed by atoms with Crippen molar-refractivity contribution in [3.8, 4) is 5.75 Å². The highest BCUT2D eigenvalue weighted by Crippen LogP contribution is 2.28. The maximum atomic E-state index is 13.1. The highest BCUT2D eigenvalue weighted by atomic mass is 32.2. The van der Waals surface area contributed by atoms with Gasteiger partial charge in [0.2, 0.25) is 10.0 Å². The quantitative estimate of drug-likeness (QED) is 0.720. The summed E-state index contributed by atoms with van der Waals surface area (Å²) in [5.41, 5.74) is 1.48. The van der Waals surface area contributed by atoms with Gasteiger partial charge in [-0.05, 0) is 42.3 Å². The number of hydrogen-bond acceptors (Lipinski definition) is 5. The number of hydrogen-bond donors (Lipinski definition) is 0. The molecular formula is C18H24N2O4S. The van der Waals surface area contributed by atoms with Crippen molar-refractivity contribution in [3.63, 3.8) is 0 Å². The number of likely N-dealkylation sites (N-methyl/N-ethyl adjacent to an activating group) is 1. The van der Waals surface area contributed by atoms with Crippen molar-refractivity contribution in [2.24, 2.45) is 0 Å². The van der Waals surface area contributed by atoms with Gasteiger partial charge in [0.05, 0.1) is 30.3 Å². The third-order valence-corrected chi connectivity index (χ3v) is 5.96. The highest BCUT2D eigenvalue weighted by molar-refractivity contribution is 7.89. The van der Waals surface area contributed by atoms with Crippen LogP contribution in [-0.4, -0.2) is 45.6 Å². The second-order valence-corrected chi connectivity index (χ2v) is 7.57. The van der Waals surface area contributed by atoms with Gasteiger partial charge in [-0.25, -0.2) is 8.42 Å². The van der Waals surface area contributed by atoms with E-state index in [-0.39, 0.29) is 11.5 Å². The van der Waals surface area contributed by atoms with Crippen molar-refractivity contribution in [1.82, 2.24) is 9.29 Å². The molecule has 136 valence electrons. The highest BCUT2D eigenvalue weighted by Gasteiger charge is 2.30. The lowest BCUT2D eigenvalue weighted by molar-refractivity contribution is 0.140. The van der Waals surface area contributed by atoms with Gasteiger partial charge in [-0.3, -0.25) is 4.98 Å². The molecule has 0 aliphatic heterocycles. The van der Waals surface area contributed by atoms with Gasteiger partial charge in [0.25, 0.3) is 0 Å². The SMILES string of the molecule is CCc1cc(S(=O)(=O)N(C)C(COC)c2ccccn2)ccc1OC.